The first-order valence-electron chi connectivity index (χ1n) is 10.9. The van der Waals surface area contributed by atoms with E-state index in [-0.39, 0.29) is 5.91 Å². The third-order valence-electron chi connectivity index (χ3n) is 5.67. The van der Waals surface area contributed by atoms with Crippen molar-refractivity contribution in [2.45, 2.75) is 5.03 Å². The molecule has 2 aromatic carbocycles. The predicted molar refractivity (Wildman–Crippen MR) is 131 cm³/mol. The number of piperazine rings is 1. The molecule has 0 unspecified atom stereocenters. The lowest BCUT2D eigenvalue weighted by atomic mass is 10.1. The Bertz CT molecular complexity index is 1170. The third-order valence-corrected chi connectivity index (χ3v) is 6.57. The lowest BCUT2D eigenvalue weighted by molar-refractivity contribution is -0.128. The summed E-state index contributed by atoms with van der Waals surface area (Å²) in [6, 6.07) is 24.1. The van der Waals surface area contributed by atoms with Gasteiger partial charge in [-0.3, -0.25) is 4.79 Å². The van der Waals surface area contributed by atoms with Gasteiger partial charge in [-0.1, -0.05) is 42.1 Å². The first-order chi connectivity index (χ1) is 16.3. The molecule has 1 aliphatic heterocycles. The highest BCUT2D eigenvalue weighted by Crippen LogP contribution is 2.22. The van der Waals surface area contributed by atoms with Crippen molar-refractivity contribution >= 4 is 23.4 Å². The summed E-state index contributed by atoms with van der Waals surface area (Å²) in [5.41, 5.74) is 3.99. The molecular formula is C25H24N6OS. The molecule has 0 spiro atoms. The average molecular weight is 457 g/mol. The van der Waals surface area contributed by atoms with Crippen molar-refractivity contribution in [1.29, 1.82) is 0 Å². The molecular weight excluding hydrogens is 432 g/mol. The first kappa shape index (κ1) is 21.2. The maximum Gasteiger partial charge on any atom is 0.233 e. The zero-order valence-electron chi connectivity index (χ0n) is 18.1. The summed E-state index contributed by atoms with van der Waals surface area (Å²) in [7, 11) is 0. The Kier molecular flexibility index (Phi) is 6.34. The largest absolute Gasteiger partial charge is 0.368 e. The number of rotatable bonds is 6. The standard InChI is InChI=1S/C25H24N6OS/c32-25(30-17-15-29(16-18-30)21-5-2-1-3-6-21)19-33-24-12-11-23(27-28-24)20-7-9-22(10-8-20)31-14-4-13-26-31/h1-14H,15-19H2. The summed E-state index contributed by atoms with van der Waals surface area (Å²) in [5.74, 6) is 0.519. The summed E-state index contributed by atoms with van der Waals surface area (Å²) in [6.07, 6.45) is 3.66. The molecule has 0 atom stereocenters. The van der Waals surface area contributed by atoms with Crippen molar-refractivity contribution in [3.05, 3.63) is 85.2 Å². The Balaban J connectivity index is 1.12. The quantitative estimate of drug-likeness (QED) is 0.412. The summed E-state index contributed by atoms with van der Waals surface area (Å²) in [6.45, 7) is 3.20. The van der Waals surface area contributed by atoms with Crippen LogP contribution in [0, 0.1) is 0 Å². The molecule has 2 aromatic heterocycles. The van der Waals surface area contributed by atoms with Crippen LogP contribution >= 0.6 is 11.8 Å². The minimum absolute atomic E-state index is 0.146. The number of aromatic nitrogens is 4. The van der Waals surface area contributed by atoms with E-state index in [0.717, 1.165) is 48.1 Å². The Morgan fingerprint density at radius 1 is 0.818 bits per heavy atom. The number of hydrogen-bond donors (Lipinski definition) is 0. The number of hydrogen-bond acceptors (Lipinski definition) is 6. The van der Waals surface area contributed by atoms with Gasteiger partial charge >= 0.3 is 0 Å². The fourth-order valence-electron chi connectivity index (χ4n) is 3.84. The van der Waals surface area contributed by atoms with Gasteiger partial charge in [0.25, 0.3) is 0 Å². The van der Waals surface area contributed by atoms with Crippen molar-refractivity contribution in [2.24, 2.45) is 0 Å². The molecule has 1 saturated heterocycles. The molecule has 1 fully saturated rings. The van der Waals surface area contributed by atoms with Gasteiger partial charge in [-0.25, -0.2) is 4.68 Å². The number of para-hydroxylation sites is 1. The second kappa shape index (κ2) is 9.87. The van der Waals surface area contributed by atoms with Crippen LogP contribution in [-0.4, -0.2) is 62.7 Å². The number of carbonyl (C=O) groups is 1. The molecule has 5 rings (SSSR count). The topological polar surface area (TPSA) is 67.2 Å². The number of amides is 1. The zero-order chi connectivity index (χ0) is 22.5. The van der Waals surface area contributed by atoms with Gasteiger partial charge in [-0.2, -0.15) is 5.10 Å². The molecule has 0 bridgehead atoms. The van der Waals surface area contributed by atoms with Crippen molar-refractivity contribution in [2.75, 3.05) is 36.8 Å². The van der Waals surface area contributed by atoms with E-state index in [1.807, 2.05) is 76.4 Å². The van der Waals surface area contributed by atoms with Gasteiger partial charge in [0.1, 0.15) is 5.03 Å². The van der Waals surface area contributed by atoms with Gasteiger partial charge in [0, 0.05) is 49.8 Å². The molecule has 166 valence electrons. The Hall–Kier alpha value is -3.65. The Labute approximate surface area is 197 Å². The van der Waals surface area contributed by atoms with E-state index in [0.29, 0.717) is 5.75 Å². The number of carbonyl (C=O) groups excluding carboxylic acids is 1. The fraction of sp³-hybridized carbons (Fsp3) is 0.200. The molecule has 4 aromatic rings. The van der Waals surface area contributed by atoms with Gasteiger partial charge in [0.05, 0.1) is 17.1 Å². The van der Waals surface area contributed by atoms with Gasteiger partial charge < -0.3 is 9.80 Å². The predicted octanol–water partition coefficient (Wildman–Crippen LogP) is 3.77. The first-order valence-corrected chi connectivity index (χ1v) is 11.9. The van der Waals surface area contributed by atoms with Crippen LogP contribution in [-0.2, 0) is 4.79 Å². The second-order valence-electron chi connectivity index (χ2n) is 7.75. The highest BCUT2D eigenvalue weighted by atomic mass is 32.2. The van der Waals surface area contributed by atoms with Crippen LogP contribution in [0.5, 0.6) is 0 Å². The van der Waals surface area contributed by atoms with E-state index in [4.69, 9.17) is 0 Å². The van der Waals surface area contributed by atoms with Crippen LogP contribution in [0.25, 0.3) is 16.9 Å². The number of nitrogens with zero attached hydrogens (tertiary/aromatic N) is 6. The van der Waals surface area contributed by atoms with Crippen LogP contribution in [0.4, 0.5) is 5.69 Å². The number of anilines is 1. The van der Waals surface area contributed by atoms with Crippen LogP contribution in [0.15, 0.2) is 90.2 Å². The van der Waals surface area contributed by atoms with Crippen LogP contribution in [0.3, 0.4) is 0 Å². The van der Waals surface area contributed by atoms with E-state index in [9.17, 15) is 4.79 Å². The molecule has 1 aliphatic rings. The van der Waals surface area contributed by atoms with E-state index in [2.05, 4.69) is 32.3 Å². The van der Waals surface area contributed by atoms with E-state index < -0.39 is 0 Å². The smallest absolute Gasteiger partial charge is 0.233 e. The maximum atomic E-state index is 12.7. The molecule has 0 N–H and O–H groups in total. The third kappa shape index (κ3) is 5.06. The minimum Gasteiger partial charge on any atom is -0.368 e. The monoisotopic (exact) mass is 456 g/mol. The molecule has 7 nitrogen and oxygen atoms in total. The Morgan fingerprint density at radius 2 is 1.61 bits per heavy atom. The molecule has 0 aliphatic carbocycles. The lowest BCUT2D eigenvalue weighted by Crippen LogP contribution is -2.49. The molecule has 0 radical (unpaired) electrons. The SMILES string of the molecule is O=C(CSc1ccc(-c2ccc(-n3cccn3)cc2)nn1)N1CCN(c2ccccc2)CC1. The van der Waals surface area contributed by atoms with Gasteiger partial charge in [-0.05, 0) is 42.5 Å². The molecule has 0 saturated carbocycles. The van der Waals surface area contributed by atoms with Gasteiger partial charge in [0.15, 0.2) is 0 Å². The number of benzene rings is 2. The summed E-state index contributed by atoms with van der Waals surface area (Å²) >= 11 is 1.43. The summed E-state index contributed by atoms with van der Waals surface area (Å²) in [4.78, 5) is 16.9. The molecule has 3 heterocycles. The average Bonchev–Trinajstić information content (AvgIpc) is 3.44. The van der Waals surface area contributed by atoms with Gasteiger partial charge in [-0.15, -0.1) is 10.2 Å². The Morgan fingerprint density at radius 3 is 2.27 bits per heavy atom. The van der Waals surface area contributed by atoms with Gasteiger partial charge in [0.2, 0.25) is 5.91 Å². The highest BCUT2D eigenvalue weighted by Gasteiger charge is 2.21. The summed E-state index contributed by atoms with van der Waals surface area (Å²) < 4.78 is 1.81. The summed E-state index contributed by atoms with van der Waals surface area (Å²) in [5, 5.41) is 13.7. The van der Waals surface area contributed by atoms with E-state index >= 15 is 0 Å². The van der Waals surface area contributed by atoms with Crippen molar-refractivity contribution in [3.8, 4) is 16.9 Å². The molecule has 33 heavy (non-hydrogen) atoms. The lowest BCUT2D eigenvalue weighted by Gasteiger charge is -2.36. The van der Waals surface area contributed by atoms with Crippen LogP contribution in [0.1, 0.15) is 0 Å². The maximum absolute atomic E-state index is 12.7. The minimum atomic E-state index is 0.146. The molecule has 8 heteroatoms. The van der Waals surface area contributed by atoms with E-state index in [1.165, 1.54) is 17.4 Å². The van der Waals surface area contributed by atoms with Crippen molar-refractivity contribution < 1.29 is 4.79 Å². The van der Waals surface area contributed by atoms with E-state index in [1.54, 1.807) is 6.20 Å². The number of thioether (sulfide) groups is 1. The zero-order valence-corrected chi connectivity index (χ0v) is 18.9. The highest BCUT2D eigenvalue weighted by molar-refractivity contribution is 7.99. The fourth-order valence-corrected chi connectivity index (χ4v) is 4.55. The van der Waals surface area contributed by atoms with Crippen molar-refractivity contribution in [1.82, 2.24) is 24.9 Å². The molecule has 1 amide bonds. The van der Waals surface area contributed by atoms with Crippen molar-refractivity contribution in [3.63, 3.8) is 0 Å². The second-order valence-corrected chi connectivity index (χ2v) is 8.74. The van der Waals surface area contributed by atoms with Crippen LogP contribution in [0.2, 0.25) is 0 Å². The normalized spacial score (nSPS) is 13.8. The van der Waals surface area contributed by atoms with Crippen LogP contribution < -0.4 is 4.90 Å².